The molecule has 1 aromatic carbocycles. The number of carbonyl (C=O) groups excluding carboxylic acids is 1. The molecule has 3 heterocycles. The fourth-order valence-electron chi connectivity index (χ4n) is 3.63. The van der Waals surface area contributed by atoms with Gasteiger partial charge in [0.2, 0.25) is 5.95 Å². The van der Waals surface area contributed by atoms with Crippen LogP contribution in [0.3, 0.4) is 0 Å². The van der Waals surface area contributed by atoms with E-state index in [0.29, 0.717) is 17.6 Å². The fourth-order valence-corrected chi connectivity index (χ4v) is 3.93. The van der Waals surface area contributed by atoms with Crippen LogP contribution in [0.5, 0.6) is 5.75 Å². The summed E-state index contributed by atoms with van der Waals surface area (Å²) in [6, 6.07) is 1.50. The Hall–Kier alpha value is -4.66. The van der Waals surface area contributed by atoms with Crippen LogP contribution in [0.15, 0.2) is 46.8 Å². The number of halogens is 5. The van der Waals surface area contributed by atoms with Crippen LogP contribution in [0, 0.1) is 11.2 Å². The van der Waals surface area contributed by atoms with Gasteiger partial charge in [-0.2, -0.15) is 18.2 Å². The molecule has 0 radical (unpaired) electrons. The molecule has 0 fully saturated rings. The molecule has 0 unspecified atom stereocenters. The van der Waals surface area contributed by atoms with Crippen LogP contribution < -0.4 is 20.7 Å². The second-order valence-corrected chi connectivity index (χ2v) is 8.90. The van der Waals surface area contributed by atoms with Gasteiger partial charge in [-0.25, -0.2) is 14.4 Å². The second-order valence-electron chi connectivity index (χ2n) is 8.52. The summed E-state index contributed by atoms with van der Waals surface area (Å²) in [6.45, 7) is 0. The van der Waals surface area contributed by atoms with Gasteiger partial charge in [0.1, 0.15) is 27.9 Å². The number of pyridine rings is 1. The van der Waals surface area contributed by atoms with Gasteiger partial charge in [-0.15, -0.1) is 0 Å². The smallest absolute Gasteiger partial charge is 0.419 e. The van der Waals surface area contributed by atoms with Crippen molar-refractivity contribution in [3.8, 4) is 5.75 Å². The molecule has 1 aliphatic heterocycles. The lowest BCUT2D eigenvalue weighted by atomic mass is 10.1. The summed E-state index contributed by atoms with van der Waals surface area (Å²) in [5.41, 5.74) is -1.88. The number of imidazole rings is 1. The number of carbonyl (C=O) groups is 1. The monoisotopic (exact) mass is 579 g/mol. The summed E-state index contributed by atoms with van der Waals surface area (Å²) in [4.78, 5) is 26.0. The number of benzene rings is 1. The van der Waals surface area contributed by atoms with Crippen LogP contribution in [0.1, 0.15) is 15.9 Å². The number of amides is 1. The first-order valence-corrected chi connectivity index (χ1v) is 11.7. The molecule has 0 atom stereocenters. The molecule has 4 rings (SSSR count). The van der Waals surface area contributed by atoms with Gasteiger partial charge in [0.05, 0.1) is 29.8 Å². The Morgan fingerprint density at radius 3 is 2.60 bits per heavy atom. The largest absolute Gasteiger partial charge is 0.450 e. The third-order valence-corrected chi connectivity index (χ3v) is 6.01. The number of anilines is 2. The highest BCUT2D eigenvalue weighted by Gasteiger charge is 2.37. The van der Waals surface area contributed by atoms with E-state index in [4.69, 9.17) is 21.7 Å². The number of hydrogen-bond donors (Lipinski definition) is 4. The summed E-state index contributed by atoms with van der Waals surface area (Å²) in [5.74, 6) is -1.93. The normalized spacial score (nSPS) is 14.4. The van der Waals surface area contributed by atoms with Crippen LogP contribution in [0.25, 0.3) is 11.2 Å². The Morgan fingerprint density at radius 2 is 2.02 bits per heavy atom. The molecule has 11 nitrogen and oxygen atoms in total. The zero-order valence-corrected chi connectivity index (χ0v) is 22.2. The first-order valence-electron chi connectivity index (χ1n) is 11.4. The Kier molecular flexibility index (Phi) is 7.68. The topological polar surface area (TPSA) is 133 Å². The molecular weight excluding hydrogens is 558 g/mol. The molecule has 0 spiro atoms. The summed E-state index contributed by atoms with van der Waals surface area (Å²) < 4.78 is 62.6. The van der Waals surface area contributed by atoms with Crippen molar-refractivity contribution >= 4 is 52.7 Å². The van der Waals surface area contributed by atoms with Crippen molar-refractivity contribution in [3.05, 3.63) is 63.8 Å². The number of aliphatic imine (C=N–C) groups is 1. The van der Waals surface area contributed by atoms with E-state index >= 15 is 0 Å². The van der Waals surface area contributed by atoms with Crippen molar-refractivity contribution in [2.24, 2.45) is 12.0 Å². The highest BCUT2D eigenvalue weighted by atomic mass is 35.5. The number of nitrogens with one attached hydrogen (secondary N) is 4. The number of alkyl halides is 3. The number of nitrogens with zero attached hydrogens (tertiary/aromatic N) is 5. The molecule has 2 aromatic heterocycles. The van der Waals surface area contributed by atoms with Gasteiger partial charge in [0, 0.05) is 40.1 Å². The number of hydrogen-bond acceptors (Lipinski definition) is 9. The number of aromatic nitrogens is 3. The first-order chi connectivity index (χ1) is 18.8. The molecule has 4 N–H and O–H groups in total. The Bertz CT molecular complexity index is 1610. The molecule has 1 aliphatic rings. The minimum Gasteiger partial charge on any atom is -0.450 e. The molecule has 0 saturated heterocycles. The lowest BCUT2D eigenvalue weighted by Gasteiger charge is -2.17. The Balaban J connectivity index is 1.72. The molecule has 210 valence electrons. The summed E-state index contributed by atoms with van der Waals surface area (Å²) in [6.07, 6.45) is 0.180. The highest BCUT2D eigenvalue weighted by molar-refractivity contribution is 6.36. The average Bonchev–Trinajstić information content (AvgIpc) is 3.23. The van der Waals surface area contributed by atoms with Crippen molar-refractivity contribution in [2.45, 2.75) is 6.18 Å². The molecule has 0 aliphatic carbocycles. The fraction of sp³-hybridized carbons (Fsp3) is 0.208. The molecule has 40 heavy (non-hydrogen) atoms. The summed E-state index contributed by atoms with van der Waals surface area (Å²) >= 11 is 6.58. The van der Waals surface area contributed by atoms with E-state index in [-0.39, 0.29) is 39.3 Å². The predicted octanol–water partition coefficient (Wildman–Crippen LogP) is 4.16. The molecule has 16 heteroatoms. The highest BCUT2D eigenvalue weighted by Crippen LogP contribution is 2.37. The quantitative estimate of drug-likeness (QED) is 0.188. The number of ether oxygens (including phenoxy) is 1. The van der Waals surface area contributed by atoms with E-state index in [2.05, 4.69) is 30.9 Å². The predicted molar refractivity (Wildman–Crippen MR) is 141 cm³/mol. The van der Waals surface area contributed by atoms with Crippen molar-refractivity contribution < 1.29 is 27.1 Å². The molecule has 1 amide bonds. The maximum Gasteiger partial charge on any atom is 0.419 e. The van der Waals surface area contributed by atoms with Gasteiger partial charge < -0.3 is 35.6 Å². The van der Waals surface area contributed by atoms with Gasteiger partial charge in [-0.1, -0.05) is 11.6 Å². The Morgan fingerprint density at radius 1 is 1.30 bits per heavy atom. The third-order valence-electron chi connectivity index (χ3n) is 5.65. The van der Waals surface area contributed by atoms with Crippen molar-refractivity contribution in [1.29, 1.82) is 5.41 Å². The van der Waals surface area contributed by atoms with Gasteiger partial charge in [-0.05, 0) is 12.1 Å². The van der Waals surface area contributed by atoms with E-state index in [1.807, 2.05) is 0 Å². The molecule has 0 bridgehead atoms. The number of allylic oxidation sites excluding steroid dienone is 2. The molecular formula is C24H22ClF4N9O2. The Labute approximate surface area is 229 Å². The maximum absolute atomic E-state index is 14.7. The van der Waals surface area contributed by atoms with Crippen LogP contribution in [-0.4, -0.2) is 58.9 Å². The van der Waals surface area contributed by atoms with Gasteiger partial charge in [0.25, 0.3) is 5.91 Å². The number of aryl methyl sites for hydroxylation is 1. The van der Waals surface area contributed by atoms with E-state index in [1.165, 1.54) is 38.1 Å². The number of rotatable bonds is 7. The standard InChI is InChI=1S/C24H22ClF4N9O2/c1-31-17-10-32-14(8-33-17)15(7-30)40-16-9-34-21-20(18(16)25)38(4)23(36-21)35-11-5-12(22(39)37(2)3)19(26)13(6-11)24(27,28)29/h5-10,30-32H,1-4H3,(H,34,35,36)/b15-14+,30-7?. The van der Waals surface area contributed by atoms with Crippen LogP contribution in [0.4, 0.5) is 29.2 Å². The molecule has 0 saturated carbocycles. The van der Waals surface area contributed by atoms with E-state index < -0.39 is 29.0 Å². The minimum atomic E-state index is -5.06. The van der Waals surface area contributed by atoms with Gasteiger partial charge in [0.15, 0.2) is 17.2 Å². The molecule has 3 aromatic rings. The summed E-state index contributed by atoms with van der Waals surface area (Å²) in [7, 11) is 5.80. The zero-order valence-electron chi connectivity index (χ0n) is 21.4. The SMILES string of the molecule is CNC1=CN/C(=C(\C=N)Oc2cnc3nc(Nc4cc(C(=O)N(C)C)c(F)c(C(F)(F)F)c4)n(C)c3c2Cl)C=N1. The van der Waals surface area contributed by atoms with E-state index in [0.717, 1.165) is 17.2 Å². The van der Waals surface area contributed by atoms with Crippen LogP contribution in [0.2, 0.25) is 5.02 Å². The lowest BCUT2D eigenvalue weighted by Crippen LogP contribution is -2.24. The van der Waals surface area contributed by atoms with Crippen LogP contribution >= 0.6 is 11.6 Å². The van der Waals surface area contributed by atoms with E-state index in [9.17, 15) is 22.4 Å². The van der Waals surface area contributed by atoms with Crippen molar-refractivity contribution in [3.63, 3.8) is 0 Å². The zero-order chi connectivity index (χ0) is 29.4. The lowest BCUT2D eigenvalue weighted by molar-refractivity contribution is -0.140. The van der Waals surface area contributed by atoms with Crippen molar-refractivity contribution in [1.82, 2.24) is 30.1 Å². The minimum absolute atomic E-state index is 0.000907. The average molecular weight is 580 g/mol. The van der Waals surface area contributed by atoms with Crippen LogP contribution in [-0.2, 0) is 13.2 Å². The van der Waals surface area contributed by atoms with Gasteiger partial charge >= 0.3 is 6.18 Å². The third kappa shape index (κ3) is 5.40. The van der Waals surface area contributed by atoms with E-state index in [1.54, 1.807) is 13.2 Å². The van der Waals surface area contributed by atoms with Crippen molar-refractivity contribution in [2.75, 3.05) is 26.5 Å². The summed E-state index contributed by atoms with van der Waals surface area (Å²) in [5, 5.41) is 16.2. The maximum atomic E-state index is 14.7. The number of fused-ring (bicyclic) bond motifs is 1. The second kappa shape index (κ2) is 10.8. The first kappa shape index (κ1) is 28.4. The van der Waals surface area contributed by atoms with Gasteiger partial charge in [-0.3, -0.25) is 4.79 Å².